The lowest BCUT2D eigenvalue weighted by atomic mass is 10.2. The van der Waals surface area contributed by atoms with Crippen molar-refractivity contribution in [3.05, 3.63) is 35.6 Å². The van der Waals surface area contributed by atoms with Crippen LogP contribution in [0.2, 0.25) is 0 Å². The predicted octanol–water partition coefficient (Wildman–Crippen LogP) is 2.31. The van der Waals surface area contributed by atoms with Crippen molar-refractivity contribution in [2.24, 2.45) is 5.92 Å². The fourth-order valence-electron chi connectivity index (χ4n) is 1.57. The Bertz CT molecular complexity index is 486. The molecule has 1 aromatic carbocycles. The van der Waals surface area contributed by atoms with Gasteiger partial charge >= 0.3 is 0 Å². The van der Waals surface area contributed by atoms with Crippen LogP contribution in [0.4, 0.5) is 4.39 Å². The molecule has 0 saturated carbocycles. The lowest BCUT2D eigenvalue weighted by Gasteiger charge is -2.08. The summed E-state index contributed by atoms with van der Waals surface area (Å²) in [5, 5.41) is 0. The van der Waals surface area contributed by atoms with E-state index in [4.69, 9.17) is 4.74 Å². The van der Waals surface area contributed by atoms with Crippen LogP contribution in [0.25, 0.3) is 0 Å². The van der Waals surface area contributed by atoms with E-state index >= 15 is 0 Å². The third-order valence-corrected chi connectivity index (χ3v) is 3.87. The van der Waals surface area contributed by atoms with Gasteiger partial charge in [-0.3, -0.25) is 0 Å². The highest BCUT2D eigenvalue weighted by Crippen LogP contribution is 2.06. The molecule has 4 nitrogen and oxygen atoms in total. The van der Waals surface area contributed by atoms with E-state index in [9.17, 15) is 12.8 Å². The van der Waals surface area contributed by atoms with Gasteiger partial charge in [-0.2, -0.15) is 0 Å². The van der Waals surface area contributed by atoms with E-state index in [1.807, 2.05) is 0 Å². The van der Waals surface area contributed by atoms with Crippen molar-refractivity contribution in [2.45, 2.75) is 26.0 Å². The number of halogens is 1. The Labute approximate surface area is 120 Å². The molecule has 0 radical (unpaired) electrons. The Hall–Kier alpha value is -0.980. The zero-order chi connectivity index (χ0) is 15.0. The van der Waals surface area contributed by atoms with E-state index in [1.165, 1.54) is 24.3 Å². The molecular weight excluding hydrogens is 281 g/mol. The molecule has 0 unspecified atom stereocenters. The Morgan fingerprint density at radius 2 is 1.90 bits per heavy atom. The van der Waals surface area contributed by atoms with E-state index in [2.05, 4.69) is 18.6 Å². The number of nitrogens with one attached hydrogen (secondary N) is 1. The Morgan fingerprint density at radius 1 is 1.25 bits per heavy atom. The highest BCUT2D eigenvalue weighted by molar-refractivity contribution is 7.88. The van der Waals surface area contributed by atoms with Crippen LogP contribution < -0.4 is 4.72 Å². The average Bonchev–Trinajstić information content (AvgIpc) is 2.36. The van der Waals surface area contributed by atoms with Gasteiger partial charge in [0.15, 0.2) is 0 Å². The summed E-state index contributed by atoms with van der Waals surface area (Å²) in [4.78, 5) is 0. The SMILES string of the molecule is CC(C)COCCCNS(=O)(=O)Cc1ccc(F)cc1. The molecule has 0 amide bonds. The first kappa shape index (κ1) is 17.1. The van der Waals surface area contributed by atoms with Crippen molar-refractivity contribution in [2.75, 3.05) is 19.8 Å². The number of ether oxygens (including phenoxy) is 1. The van der Waals surface area contributed by atoms with Gasteiger partial charge in [0, 0.05) is 19.8 Å². The fraction of sp³-hybridized carbons (Fsp3) is 0.571. The van der Waals surface area contributed by atoms with Crippen LogP contribution in [0, 0.1) is 11.7 Å². The number of rotatable bonds is 9. The summed E-state index contributed by atoms with van der Waals surface area (Å²) in [6, 6.07) is 5.45. The molecule has 0 spiro atoms. The maximum absolute atomic E-state index is 12.7. The first-order valence-corrected chi connectivity index (χ1v) is 8.34. The summed E-state index contributed by atoms with van der Waals surface area (Å²) >= 11 is 0. The lowest BCUT2D eigenvalue weighted by Crippen LogP contribution is -2.27. The standard InChI is InChI=1S/C14H22FNO3S/c1-12(2)10-19-9-3-8-16-20(17,18)11-13-4-6-14(15)7-5-13/h4-7,12,16H,3,8-11H2,1-2H3. The maximum atomic E-state index is 12.7. The highest BCUT2D eigenvalue weighted by Gasteiger charge is 2.10. The Morgan fingerprint density at radius 3 is 2.50 bits per heavy atom. The second kappa shape index (κ2) is 8.34. The Kier molecular flexibility index (Phi) is 7.12. The molecule has 6 heteroatoms. The van der Waals surface area contributed by atoms with E-state index in [1.54, 1.807) is 0 Å². The zero-order valence-corrected chi connectivity index (χ0v) is 12.7. The summed E-state index contributed by atoms with van der Waals surface area (Å²) in [6.45, 7) is 5.69. The monoisotopic (exact) mass is 303 g/mol. The molecular formula is C14H22FNO3S. The van der Waals surface area contributed by atoms with Gasteiger partial charge in [-0.1, -0.05) is 26.0 Å². The number of hydrogen-bond acceptors (Lipinski definition) is 3. The molecule has 0 aliphatic carbocycles. The van der Waals surface area contributed by atoms with Crippen LogP contribution in [0.5, 0.6) is 0 Å². The van der Waals surface area contributed by atoms with Crippen LogP contribution >= 0.6 is 0 Å². The summed E-state index contributed by atoms with van der Waals surface area (Å²) in [5.41, 5.74) is 0.565. The van der Waals surface area contributed by atoms with Crippen molar-refractivity contribution < 1.29 is 17.5 Å². The summed E-state index contributed by atoms with van der Waals surface area (Å²) < 4.78 is 44.2. The van der Waals surface area contributed by atoms with Crippen molar-refractivity contribution in [1.29, 1.82) is 0 Å². The van der Waals surface area contributed by atoms with Gasteiger partial charge in [-0.05, 0) is 30.0 Å². The van der Waals surface area contributed by atoms with Crippen molar-refractivity contribution in [1.82, 2.24) is 4.72 Å². The smallest absolute Gasteiger partial charge is 0.215 e. The number of benzene rings is 1. The molecule has 0 bridgehead atoms. The van der Waals surface area contributed by atoms with Gasteiger partial charge in [0.25, 0.3) is 0 Å². The molecule has 0 aromatic heterocycles. The quantitative estimate of drug-likeness (QED) is 0.712. The van der Waals surface area contributed by atoms with Gasteiger partial charge in [0.1, 0.15) is 5.82 Å². The molecule has 1 rings (SSSR count). The van der Waals surface area contributed by atoms with Crippen LogP contribution in [-0.2, 0) is 20.5 Å². The minimum absolute atomic E-state index is 0.139. The van der Waals surface area contributed by atoms with Gasteiger partial charge in [0.2, 0.25) is 10.0 Å². The second-order valence-electron chi connectivity index (χ2n) is 5.10. The molecule has 114 valence electrons. The van der Waals surface area contributed by atoms with Crippen molar-refractivity contribution in [3.8, 4) is 0 Å². The maximum Gasteiger partial charge on any atom is 0.215 e. The summed E-state index contributed by atoms with van der Waals surface area (Å²) in [5.74, 6) is -0.0354. The van der Waals surface area contributed by atoms with Gasteiger partial charge < -0.3 is 4.74 Å². The molecule has 0 atom stereocenters. The fourth-order valence-corrected chi connectivity index (χ4v) is 2.76. The predicted molar refractivity (Wildman–Crippen MR) is 77.3 cm³/mol. The zero-order valence-electron chi connectivity index (χ0n) is 11.9. The van der Waals surface area contributed by atoms with Gasteiger partial charge in [0.05, 0.1) is 5.75 Å². The number of hydrogen-bond donors (Lipinski definition) is 1. The summed E-state index contributed by atoms with van der Waals surface area (Å²) in [6.07, 6.45) is 0.634. The summed E-state index contributed by atoms with van der Waals surface area (Å²) in [7, 11) is -3.38. The minimum atomic E-state index is -3.38. The average molecular weight is 303 g/mol. The molecule has 0 heterocycles. The molecule has 1 aromatic rings. The van der Waals surface area contributed by atoms with Crippen LogP contribution in [0.15, 0.2) is 24.3 Å². The van der Waals surface area contributed by atoms with Crippen molar-refractivity contribution >= 4 is 10.0 Å². The topological polar surface area (TPSA) is 55.4 Å². The van der Waals surface area contributed by atoms with Gasteiger partial charge in [-0.15, -0.1) is 0 Å². The van der Waals surface area contributed by atoms with E-state index in [0.717, 1.165) is 0 Å². The van der Waals surface area contributed by atoms with E-state index in [-0.39, 0.29) is 11.6 Å². The molecule has 0 aliphatic rings. The number of sulfonamides is 1. The normalized spacial score (nSPS) is 12.0. The largest absolute Gasteiger partial charge is 0.381 e. The molecule has 0 aliphatic heterocycles. The third-order valence-electron chi connectivity index (χ3n) is 2.51. The van der Waals surface area contributed by atoms with Crippen LogP contribution in [0.3, 0.4) is 0 Å². The van der Waals surface area contributed by atoms with Crippen molar-refractivity contribution in [3.63, 3.8) is 0 Å². The van der Waals surface area contributed by atoms with Gasteiger partial charge in [-0.25, -0.2) is 17.5 Å². The molecule has 1 N–H and O–H groups in total. The lowest BCUT2D eigenvalue weighted by molar-refractivity contribution is 0.108. The molecule has 0 fully saturated rings. The Balaban J connectivity index is 2.26. The van der Waals surface area contributed by atoms with E-state index in [0.29, 0.717) is 37.7 Å². The molecule has 20 heavy (non-hydrogen) atoms. The van der Waals surface area contributed by atoms with Crippen LogP contribution in [-0.4, -0.2) is 28.2 Å². The van der Waals surface area contributed by atoms with Crippen LogP contribution in [0.1, 0.15) is 25.8 Å². The second-order valence-corrected chi connectivity index (χ2v) is 6.91. The third kappa shape index (κ3) is 7.57. The highest BCUT2D eigenvalue weighted by atomic mass is 32.2. The first-order valence-electron chi connectivity index (χ1n) is 6.68. The molecule has 0 saturated heterocycles. The minimum Gasteiger partial charge on any atom is -0.381 e. The van der Waals surface area contributed by atoms with E-state index < -0.39 is 10.0 Å². The first-order chi connectivity index (χ1) is 9.39.